The minimum Gasteiger partial charge on any atom is -0.483 e. The van der Waals surface area contributed by atoms with E-state index in [2.05, 4.69) is 0 Å². The lowest BCUT2D eigenvalue weighted by Crippen LogP contribution is -2.32. The van der Waals surface area contributed by atoms with Gasteiger partial charge in [-0.3, -0.25) is 0 Å². The molecular formula is C14H18O5. The summed E-state index contributed by atoms with van der Waals surface area (Å²) in [7, 11) is 1.44. The van der Waals surface area contributed by atoms with E-state index in [1.807, 2.05) is 26.0 Å². The van der Waals surface area contributed by atoms with Crippen LogP contribution in [0.3, 0.4) is 0 Å². The fourth-order valence-corrected chi connectivity index (χ4v) is 2.14. The lowest BCUT2D eigenvalue weighted by Gasteiger charge is -2.19. The van der Waals surface area contributed by atoms with Gasteiger partial charge in [0.25, 0.3) is 0 Å². The second kappa shape index (κ2) is 5.09. The monoisotopic (exact) mass is 266 g/mol. The topological polar surface area (TPSA) is 65.0 Å². The molecule has 0 amide bonds. The molecule has 5 heteroatoms. The Balaban J connectivity index is 2.23. The molecule has 5 nitrogen and oxygen atoms in total. The van der Waals surface area contributed by atoms with Crippen LogP contribution in [0.4, 0.5) is 0 Å². The van der Waals surface area contributed by atoms with E-state index >= 15 is 0 Å². The van der Waals surface area contributed by atoms with E-state index in [0.29, 0.717) is 11.5 Å². The van der Waals surface area contributed by atoms with Gasteiger partial charge in [-0.1, -0.05) is 12.1 Å². The molecule has 0 radical (unpaired) electrons. The van der Waals surface area contributed by atoms with E-state index in [1.54, 1.807) is 6.07 Å². The Hall–Kier alpha value is -1.75. The van der Waals surface area contributed by atoms with E-state index in [9.17, 15) is 4.79 Å². The minimum absolute atomic E-state index is 0.0115. The predicted octanol–water partition coefficient (Wildman–Crippen LogP) is 1.88. The second-order valence-corrected chi connectivity index (χ2v) is 5.18. The maximum atomic E-state index is 11.1. The highest BCUT2D eigenvalue weighted by molar-refractivity contribution is 5.73. The molecule has 0 bridgehead atoms. The fourth-order valence-electron chi connectivity index (χ4n) is 2.14. The molecule has 1 aliphatic rings. The zero-order valence-electron chi connectivity index (χ0n) is 11.3. The first-order valence-corrected chi connectivity index (χ1v) is 6.12. The smallest absolute Gasteiger partial charge is 0.347 e. The van der Waals surface area contributed by atoms with Crippen LogP contribution in [0.5, 0.6) is 11.5 Å². The number of hydrogen-bond donors (Lipinski definition) is 1. The van der Waals surface area contributed by atoms with Gasteiger partial charge in [0.1, 0.15) is 5.60 Å². The van der Waals surface area contributed by atoms with Crippen molar-refractivity contribution in [3.8, 4) is 11.5 Å². The molecule has 19 heavy (non-hydrogen) atoms. The molecule has 1 unspecified atom stereocenters. The molecule has 1 N–H and O–H groups in total. The average Bonchev–Trinajstić information content (AvgIpc) is 2.63. The zero-order valence-corrected chi connectivity index (χ0v) is 11.3. The van der Waals surface area contributed by atoms with Crippen LogP contribution in [0.25, 0.3) is 0 Å². The Kier molecular flexibility index (Phi) is 3.66. The highest BCUT2D eigenvalue weighted by Crippen LogP contribution is 2.42. The second-order valence-electron chi connectivity index (χ2n) is 5.18. The van der Waals surface area contributed by atoms with E-state index in [-0.39, 0.29) is 12.2 Å². The summed E-state index contributed by atoms with van der Waals surface area (Å²) in [5, 5.41) is 9.07. The van der Waals surface area contributed by atoms with Crippen LogP contribution in [-0.2, 0) is 16.0 Å². The minimum atomic E-state index is -1.06. The molecule has 1 aromatic carbocycles. The van der Waals surface area contributed by atoms with E-state index < -0.39 is 12.1 Å². The number of benzene rings is 1. The Labute approximate surface area is 112 Å². The SMILES string of the molecule is COCC(Oc1cccc2c1OC(C)(C)C2)C(=O)O. The number of rotatable bonds is 5. The van der Waals surface area contributed by atoms with E-state index in [1.165, 1.54) is 7.11 Å². The largest absolute Gasteiger partial charge is 0.483 e. The standard InChI is InChI=1S/C14H18O5/c1-14(2)7-9-5-4-6-10(12(9)19-14)18-11(8-17-3)13(15)16/h4-6,11H,7-8H2,1-3H3,(H,15,16). The summed E-state index contributed by atoms with van der Waals surface area (Å²) in [5.74, 6) is 0.0269. The molecule has 104 valence electrons. The van der Waals surface area contributed by atoms with Crippen molar-refractivity contribution in [2.24, 2.45) is 0 Å². The van der Waals surface area contributed by atoms with Crippen LogP contribution >= 0.6 is 0 Å². The number of aliphatic carboxylic acids is 1. The van der Waals surface area contributed by atoms with Crippen molar-refractivity contribution in [2.75, 3.05) is 13.7 Å². The van der Waals surface area contributed by atoms with Gasteiger partial charge in [-0.05, 0) is 19.9 Å². The van der Waals surface area contributed by atoms with Crippen LogP contribution in [0.2, 0.25) is 0 Å². The summed E-state index contributed by atoms with van der Waals surface area (Å²) in [6.45, 7) is 3.96. The maximum Gasteiger partial charge on any atom is 0.347 e. The molecule has 0 saturated heterocycles. The predicted molar refractivity (Wildman–Crippen MR) is 68.8 cm³/mol. The van der Waals surface area contributed by atoms with Crippen molar-refractivity contribution in [3.63, 3.8) is 0 Å². The molecule has 0 saturated carbocycles. The summed E-state index contributed by atoms with van der Waals surface area (Å²) < 4.78 is 16.2. The lowest BCUT2D eigenvalue weighted by molar-refractivity contribution is -0.147. The zero-order chi connectivity index (χ0) is 14.0. The summed E-state index contributed by atoms with van der Waals surface area (Å²) >= 11 is 0. The van der Waals surface area contributed by atoms with Gasteiger partial charge in [-0.2, -0.15) is 0 Å². The van der Waals surface area contributed by atoms with Crippen molar-refractivity contribution in [2.45, 2.75) is 32.0 Å². The quantitative estimate of drug-likeness (QED) is 0.881. The number of carboxylic acid groups (broad SMARTS) is 1. The average molecular weight is 266 g/mol. The highest BCUT2D eigenvalue weighted by Gasteiger charge is 2.33. The van der Waals surface area contributed by atoms with E-state index in [4.69, 9.17) is 19.3 Å². The van der Waals surface area contributed by atoms with Gasteiger partial charge >= 0.3 is 5.97 Å². The number of carboxylic acids is 1. The molecule has 1 aliphatic heterocycles. The van der Waals surface area contributed by atoms with Crippen LogP contribution in [0.15, 0.2) is 18.2 Å². The summed E-state index contributed by atoms with van der Waals surface area (Å²) in [5.41, 5.74) is 0.742. The molecule has 0 fully saturated rings. The Morgan fingerprint density at radius 1 is 1.53 bits per heavy atom. The van der Waals surface area contributed by atoms with Gasteiger partial charge in [0.2, 0.25) is 6.10 Å². The maximum absolute atomic E-state index is 11.1. The van der Waals surface area contributed by atoms with Crippen LogP contribution in [0.1, 0.15) is 19.4 Å². The summed E-state index contributed by atoms with van der Waals surface area (Å²) in [6.07, 6.45) is -0.259. The van der Waals surface area contributed by atoms with Crippen LogP contribution in [-0.4, -0.2) is 36.5 Å². The third-order valence-electron chi connectivity index (χ3n) is 2.92. The van der Waals surface area contributed by atoms with Gasteiger partial charge in [0.05, 0.1) is 6.61 Å². The summed E-state index contributed by atoms with van der Waals surface area (Å²) in [6, 6.07) is 5.51. The van der Waals surface area contributed by atoms with Gasteiger partial charge < -0.3 is 19.3 Å². The van der Waals surface area contributed by atoms with E-state index in [0.717, 1.165) is 12.0 Å². The molecule has 1 heterocycles. The van der Waals surface area contributed by atoms with Crippen LogP contribution < -0.4 is 9.47 Å². The van der Waals surface area contributed by atoms with Gasteiger partial charge in [0, 0.05) is 19.1 Å². The summed E-state index contributed by atoms with van der Waals surface area (Å²) in [4.78, 5) is 11.1. The molecule has 2 rings (SSSR count). The first-order valence-electron chi connectivity index (χ1n) is 6.12. The Morgan fingerprint density at radius 2 is 2.26 bits per heavy atom. The van der Waals surface area contributed by atoms with Crippen LogP contribution in [0, 0.1) is 0 Å². The van der Waals surface area contributed by atoms with Crippen molar-refractivity contribution in [3.05, 3.63) is 23.8 Å². The Bertz CT molecular complexity index is 481. The molecule has 1 atom stereocenters. The van der Waals surface area contributed by atoms with Gasteiger partial charge in [0.15, 0.2) is 11.5 Å². The third-order valence-corrected chi connectivity index (χ3v) is 2.92. The molecule has 0 aliphatic carbocycles. The van der Waals surface area contributed by atoms with Gasteiger partial charge in [-0.15, -0.1) is 0 Å². The first kappa shape index (κ1) is 13.7. The third kappa shape index (κ3) is 2.98. The fraction of sp³-hybridized carbons (Fsp3) is 0.500. The number of methoxy groups -OCH3 is 1. The number of ether oxygens (including phenoxy) is 3. The first-order chi connectivity index (χ1) is 8.93. The molecule has 0 spiro atoms. The number of carbonyl (C=O) groups is 1. The highest BCUT2D eigenvalue weighted by atomic mass is 16.6. The number of hydrogen-bond acceptors (Lipinski definition) is 4. The van der Waals surface area contributed by atoms with Crippen molar-refractivity contribution in [1.29, 1.82) is 0 Å². The van der Waals surface area contributed by atoms with Crippen molar-refractivity contribution < 1.29 is 24.1 Å². The molecular weight excluding hydrogens is 248 g/mol. The van der Waals surface area contributed by atoms with Crippen molar-refractivity contribution in [1.82, 2.24) is 0 Å². The molecule has 1 aromatic rings. The lowest BCUT2D eigenvalue weighted by atomic mass is 10.0. The van der Waals surface area contributed by atoms with Crippen molar-refractivity contribution >= 4 is 5.97 Å². The Morgan fingerprint density at radius 3 is 2.89 bits per heavy atom. The normalized spacial score (nSPS) is 17.4. The number of fused-ring (bicyclic) bond motifs is 1. The van der Waals surface area contributed by atoms with Gasteiger partial charge in [-0.25, -0.2) is 4.79 Å². The molecule has 0 aromatic heterocycles. The number of para-hydroxylation sites is 1.